The molecule has 0 aliphatic heterocycles. The van der Waals surface area contributed by atoms with Crippen molar-refractivity contribution in [2.24, 2.45) is 5.84 Å². The van der Waals surface area contributed by atoms with E-state index in [4.69, 9.17) is 10.9 Å². The highest BCUT2D eigenvalue weighted by Crippen LogP contribution is 2.18. The number of amides is 1. The van der Waals surface area contributed by atoms with Crippen LogP contribution in [0.25, 0.3) is 0 Å². The molecule has 0 saturated carbocycles. The Bertz CT molecular complexity index is 368. The van der Waals surface area contributed by atoms with E-state index in [0.717, 1.165) is 24.9 Å². The Kier molecular flexibility index (Phi) is 6.89. The number of unbranched alkanes of at least 4 members (excludes halogenated alkanes) is 1. The molecule has 18 heavy (non-hydrogen) atoms. The summed E-state index contributed by atoms with van der Waals surface area (Å²) in [7, 11) is 0. The maximum atomic E-state index is 11.6. The van der Waals surface area contributed by atoms with E-state index >= 15 is 0 Å². The lowest BCUT2D eigenvalue weighted by molar-refractivity contribution is 0.0955. The first kappa shape index (κ1) is 15.1. The van der Waals surface area contributed by atoms with Gasteiger partial charge in [-0.2, -0.15) is 0 Å². The van der Waals surface area contributed by atoms with Gasteiger partial charge >= 0.3 is 0 Å². The summed E-state index contributed by atoms with van der Waals surface area (Å²) in [6.07, 6.45) is 2.20. The van der Waals surface area contributed by atoms with E-state index in [-0.39, 0.29) is 12.5 Å². The SMILES string of the molecule is CCCCN(CCO)Cc1ccsc1C(=O)NN. The summed E-state index contributed by atoms with van der Waals surface area (Å²) in [6.45, 7) is 4.49. The summed E-state index contributed by atoms with van der Waals surface area (Å²) in [5.41, 5.74) is 3.13. The van der Waals surface area contributed by atoms with Crippen molar-refractivity contribution in [3.05, 3.63) is 21.9 Å². The van der Waals surface area contributed by atoms with Gasteiger partial charge in [0.2, 0.25) is 0 Å². The molecular formula is C12H21N3O2S. The second kappa shape index (κ2) is 8.20. The van der Waals surface area contributed by atoms with Crippen molar-refractivity contribution in [3.63, 3.8) is 0 Å². The molecule has 0 radical (unpaired) electrons. The number of hydrogen-bond acceptors (Lipinski definition) is 5. The molecule has 102 valence electrons. The van der Waals surface area contributed by atoms with Gasteiger partial charge in [0.25, 0.3) is 5.91 Å². The Labute approximate surface area is 112 Å². The number of aliphatic hydroxyl groups excluding tert-OH is 1. The van der Waals surface area contributed by atoms with Gasteiger partial charge in [0.15, 0.2) is 0 Å². The van der Waals surface area contributed by atoms with E-state index in [0.29, 0.717) is 18.0 Å². The summed E-state index contributed by atoms with van der Waals surface area (Å²) in [4.78, 5) is 14.4. The first-order valence-corrected chi connectivity index (χ1v) is 7.01. The molecular weight excluding hydrogens is 250 g/mol. The molecule has 1 rings (SSSR count). The summed E-state index contributed by atoms with van der Waals surface area (Å²) < 4.78 is 0. The number of thiophene rings is 1. The van der Waals surface area contributed by atoms with Crippen molar-refractivity contribution in [3.8, 4) is 0 Å². The van der Waals surface area contributed by atoms with Crippen molar-refractivity contribution in [1.29, 1.82) is 0 Å². The largest absolute Gasteiger partial charge is 0.395 e. The highest BCUT2D eigenvalue weighted by molar-refractivity contribution is 7.12. The van der Waals surface area contributed by atoms with Gasteiger partial charge in [0.05, 0.1) is 11.5 Å². The first-order chi connectivity index (χ1) is 8.72. The minimum atomic E-state index is -0.251. The van der Waals surface area contributed by atoms with Crippen LogP contribution in [0.2, 0.25) is 0 Å². The molecule has 1 aromatic rings. The third-order valence-corrected chi connectivity index (χ3v) is 3.68. The molecule has 5 nitrogen and oxygen atoms in total. The fraction of sp³-hybridized carbons (Fsp3) is 0.583. The maximum Gasteiger partial charge on any atom is 0.275 e. The molecule has 0 bridgehead atoms. The lowest BCUT2D eigenvalue weighted by Crippen LogP contribution is -2.32. The number of hydrogen-bond donors (Lipinski definition) is 3. The molecule has 0 fully saturated rings. The fourth-order valence-electron chi connectivity index (χ4n) is 1.76. The summed E-state index contributed by atoms with van der Waals surface area (Å²) in [6, 6.07) is 1.94. The van der Waals surface area contributed by atoms with Crippen LogP contribution in [0.5, 0.6) is 0 Å². The Morgan fingerprint density at radius 3 is 2.94 bits per heavy atom. The zero-order valence-corrected chi connectivity index (χ0v) is 11.5. The predicted octanol–water partition coefficient (Wildman–Crippen LogP) is 0.946. The van der Waals surface area contributed by atoms with E-state index in [1.165, 1.54) is 11.3 Å². The number of nitrogens with one attached hydrogen (secondary N) is 1. The third-order valence-electron chi connectivity index (χ3n) is 2.72. The Morgan fingerprint density at radius 2 is 2.33 bits per heavy atom. The number of hydrazine groups is 1. The summed E-state index contributed by atoms with van der Waals surface area (Å²) >= 11 is 1.38. The molecule has 1 heterocycles. The van der Waals surface area contributed by atoms with Crippen molar-refractivity contribution in [2.45, 2.75) is 26.3 Å². The normalized spacial score (nSPS) is 10.9. The molecule has 0 aliphatic carbocycles. The van der Waals surface area contributed by atoms with Gasteiger partial charge in [-0.3, -0.25) is 15.1 Å². The van der Waals surface area contributed by atoms with Gasteiger partial charge in [-0.1, -0.05) is 13.3 Å². The second-order valence-corrected chi connectivity index (χ2v) is 5.02. The molecule has 0 aliphatic rings. The minimum absolute atomic E-state index is 0.131. The molecule has 1 aromatic heterocycles. The van der Waals surface area contributed by atoms with Crippen LogP contribution in [0.3, 0.4) is 0 Å². The van der Waals surface area contributed by atoms with E-state index in [1.807, 2.05) is 11.4 Å². The number of nitrogen functional groups attached to an aromatic ring is 1. The molecule has 6 heteroatoms. The number of carbonyl (C=O) groups is 1. The Morgan fingerprint density at radius 1 is 1.56 bits per heavy atom. The van der Waals surface area contributed by atoms with Gasteiger partial charge in [-0.25, -0.2) is 5.84 Å². The van der Waals surface area contributed by atoms with Gasteiger partial charge in [0.1, 0.15) is 0 Å². The second-order valence-electron chi connectivity index (χ2n) is 4.10. The first-order valence-electron chi connectivity index (χ1n) is 6.13. The van der Waals surface area contributed by atoms with Crippen LogP contribution in [-0.2, 0) is 6.54 Å². The number of carbonyl (C=O) groups excluding carboxylic acids is 1. The molecule has 4 N–H and O–H groups in total. The van der Waals surface area contributed by atoms with Crippen LogP contribution < -0.4 is 11.3 Å². The zero-order chi connectivity index (χ0) is 13.4. The lowest BCUT2D eigenvalue weighted by atomic mass is 10.2. The van der Waals surface area contributed by atoms with E-state index in [1.54, 1.807) is 0 Å². The van der Waals surface area contributed by atoms with Gasteiger partial charge in [0, 0.05) is 13.1 Å². The number of rotatable bonds is 8. The van der Waals surface area contributed by atoms with Crippen LogP contribution in [0.15, 0.2) is 11.4 Å². The highest BCUT2D eigenvalue weighted by Gasteiger charge is 2.14. The molecule has 0 aromatic carbocycles. The topological polar surface area (TPSA) is 78.6 Å². The summed E-state index contributed by atoms with van der Waals surface area (Å²) in [5, 5.41) is 10.9. The van der Waals surface area contributed by atoms with E-state index in [9.17, 15) is 4.79 Å². The Hall–Kier alpha value is -0.950. The highest BCUT2D eigenvalue weighted by atomic mass is 32.1. The van der Waals surface area contributed by atoms with Crippen LogP contribution in [0, 0.1) is 0 Å². The molecule has 0 atom stereocenters. The molecule has 1 amide bonds. The van der Waals surface area contributed by atoms with Gasteiger partial charge < -0.3 is 5.11 Å². The van der Waals surface area contributed by atoms with Crippen molar-refractivity contribution >= 4 is 17.2 Å². The average Bonchev–Trinajstić information content (AvgIpc) is 2.83. The zero-order valence-electron chi connectivity index (χ0n) is 10.7. The van der Waals surface area contributed by atoms with Crippen molar-refractivity contribution in [1.82, 2.24) is 10.3 Å². The predicted molar refractivity (Wildman–Crippen MR) is 73.2 cm³/mol. The average molecular weight is 271 g/mol. The molecule has 0 spiro atoms. The van der Waals surface area contributed by atoms with E-state index < -0.39 is 0 Å². The number of nitrogens with two attached hydrogens (primary N) is 1. The van der Waals surface area contributed by atoms with Gasteiger partial charge in [-0.15, -0.1) is 11.3 Å². The fourth-order valence-corrected chi connectivity index (χ4v) is 2.58. The number of nitrogens with zero attached hydrogens (tertiary/aromatic N) is 1. The van der Waals surface area contributed by atoms with E-state index in [2.05, 4.69) is 17.2 Å². The van der Waals surface area contributed by atoms with Crippen LogP contribution >= 0.6 is 11.3 Å². The Balaban J connectivity index is 2.67. The monoisotopic (exact) mass is 271 g/mol. The lowest BCUT2D eigenvalue weighted by Gasteiger charge is -2.21. The number of aliphatic hydroxyl groups is 1. The minimum Gasteiger partial charge on any atom is -0.395 e. The van der Waals surface area contributed by atoms with Crippen molar-refractivity contribution < 1.29 is 9.90 Å². The van der Waals surface area contributed by atoms with Crippen LogP contribution in [-0.4, -0.2) is 35.6 Å². The summed E-state index contributed by atoms with van der Waals surface area (Å²) in [5.74, 6) is 4.90. The maximum absolute atomic E-state index is 11.6. The molecule has 0 saturated heterocycles. The van der Waals surface area contributed by atoms with Crippen LogP contribution in [0.4, 0.5) is 0 Å². The van der Waals surface area contributed by atoms with Crippen molar-refractivity contribution in [2.75, 3.05) is 19.7 Å². The quantitative estimate of drug-likeness (QED) is 0.374. The third kappa shape index (κ3) is 4.38. The smallest absolute Gasteiger partial charge is 0.275 e. The standard InChI is InChI=1S/C12H21N3O2S/c1-2-3-5-15(6-7-16)9-10-4-8-18-11(10)12(17)14-13/h4,8,16H,2-3,5-7,9,13H2,1H3,(H,14,17). The van der Waals surface area contributed by atoms with Crippen LogP contribution in [0.1, 0.15) is 35.0 Å². The molecule has 0 unspecified atom stereocenters. The van der Waals surface area contributed by atoms with Gasteiger partial charge in [-0.05, 0) is 30.0 Å².